The summed E-state index contributed by atoms with van der Waals surface area (Å²) in [6.45, 7) is 0. The van der Waals surface area contributed by atoms with Gasteiger partial charge in [0.25, 0.3) is 0 Å². The molecule has 43 heavy (non-hydrogen) atoms. The van der Waals surface area contributed by atoms with Gasteiger partial charge < -0.3 is 9.13 Å². The molecule has 0 saturated carbocycles. The minimum absolute atomic E-state index is 1.18. The van der Waals surface area contributed by atoms with Crippen molar-refractivity contribution >= 4 is 85.9 Å². The molecule has 0 bridgehead atoms. The van der Waals surface area contributed by atoms with Crippen LogP contribution in [0.4, 0.5) is 0 Å². The van der Waals surface area contributed by atoms with Gasteiger partial charge in [0, 0.05) is 48.1 Å². The summed E-state index contributed by atoms with van der Waals surface area (Å²) in [7, 11) is 0. The Hall–Kier alpha value is -5.38. The molecule has 2 nitrogen and oxygen atoms in total. The Balaban J connectivity index is 1.40. The van der Waals surface area contributed by atoms with Crippen molar-refractivity contribution in [3.63, 3.8) is 0 Å². The molecule has 0 unspecified atom stereocenters. The second-order valence-electron chi connectivity index (χ2n) is 11.3. The van der Waals surface area contributed by atoms with Crippen LogP contribution in [0.2, 0.25) is 0 Å². The van der Waals surface area contributed by atoms with Gasteiger partial charge in [-0.25, -0.2) is 0 Å². The molecule has 10 aromatic rings. The molecule has 0 spiro atoms. The molecule has 0 aliphatic rings. The Kier molecular flexibility index (Phi) is 4.63. The highest BCUT2D eigenvalue weighted by Crippen LogP contribution is 2.44. The van der Waals surface area contributed by atoms with Crippen LogP contribution >= 0.6 is 11.3 Å². The number of benzene rings is 7. The van der Waals surface area contributed by atoms with Gasteiger partial charge in [-0.3, -0.25) is 0 Å². The Morgan fingerprint density at radius 1 is 0.395 bits per heavy atom. The summed E-state index contributed by atoms with van der Waals surface area (Å²) in [5, 5.41) is 10.3. The van der Waals surface area contributed by atoms with Crippen molar-refractivity contribution < 1.29 is 0 Å². The lowest BCUT2D eigenvalue weighted by Crippen LogP contribution is -1.95. The fraction of sp³-hybridized carbons (Fsp3) is 0. The normalized spacial score (nSPS) is 12.2. The minimum atomic E-state index is 1.18. The van der Waals surface area contributed by atoms with Gasteiger partial charge in [0.2, 0.25) is 0 Å². The zero-order valence-corrected chi connectivity index (χ0v) is 24.0. The van der Waals surface area contributed by atoms with Gasteiger partial charge in [-0.1, -0.05) is 97.1 Å². The number of hydrogen-bond acceptors (Lipinski definition) is 1. The van der Waals surface area contributed by atoms with Crippen LogP contribution in [0, 0.1) is 0 Å². The van der Waals surface area contributed by atoms with E-state index in [1.807, 2.05) is 11.3 Å². The molecule has 0 N–H and O–H groups in total. The summed E-state index contributed by atoms with van der Waals surface area (Å²) in [6, 6.07) is 53.4. The highest BCUT2D eigenvalue weighted by atomic mass is 32.1. The summed E-state index contributed by atoms with van der Waals surface area (Å²) in [5.74, 6) is 0. The molecule has 200 valence electrons. The molecule has 0 radical (unpaired) electrons. The van der Waals surface area contributed by atoms with Gasteiger partial charge in [-0.15, -0.1) is 11.3 Å². The Bertz CT molecular complexity index is 2720. The van der Waals surface area contributed by atoms with Crippen molar-refractivity contribution in [3.8, 4) is 11.4 Å². The molecule has 0 atom stereocenters. The van der Waals surface area contributed by atoms with E-state index in [1.165, 1.54) is 85.9 Å². The quantitative estimate of drug-likeness (QED) is 0.198. The van der Waals surface area contributed by atoms with E-state index in [2.05, 4.69) is 155 Å². The largest absolute Gasteiger partial charge is 0.309 e. The van der Waals surface area contributed by atoms with Crippen LogP contribution in [0.3, 0.4) is 0 Å². The monoisotopic (exact) mass is 564 g/mol. The standard InChI is InChI=1S/C40H24N2S/c1-2-11-26(12-3-1)41-34-17-7-5-14-28(34)33-24-32-25(23-37(33)41)21-22-30-27-13-4-8-18-35(27)42(39(30)32)36-19-10-16-31-29-15-6-9-20-38(29)43-40(31)36/h1-24H. The van der Waals surface area contributed by atoms with Crippen molar-refractivity contribution in [3.05, 3.63) is 146 Å². The Morgan fingerprint density at radius 2 is 1.07 bits per heavy atom. The van der Waals surface area contributed by atoms with Crippen molar-refractivity contribution in [1.82, 2.24) is 9.13 Å². The molecule has 0 amide bonds. The summed E-state index contributed by atoms with van der Waals surface area (Å²) in [6.07, 6.45) is 0. The van der Waals surface area contributed by atoms with Gasteiger partial charge in [0.15, 0.2) is 0 Å². The Morgan fingerprint density at radius 3 is 1.91 bits per heavy atom. The summed E-state index contributed by atoms with van der Waals surface area (Å²) in [5.41, 5.74) is 7.38. The molecular weight excluding hydrogens is 541 g/mol. The number of fused-ring (bicyclic) bond motifs is 11. The van der Waals surface area contributed by atoms with Crippen molar-refractivity contribution in [2.75, 3.05) is 0 Å². The summed E-state index contributed by atoms with van der Waals surface area (Å²) in [4.78, 5) is 0. The smallest absolute Gasteiger partial charge is 0.0641 e. The van der Waals surface area contributed by atoms with Crippen LogP contribution in [0.1, 0.15) is 0 Å². The van der Waals surface area contributed by atoms with Crippen LogP contribution in [0.5, 0.6) is 0 Å². The molecule has 0 aliphatic carbocycles. The minimum Gasteiger partial charge on any atom is -0.309 e. The van der Waals surface area contributed by atoms with Crippen LogP contribution in [-0.4, -0.2) is 9.13 Å². The van der Waals surface area contributed by atoms with E-state index >= 15 is 0 Å². The van der Waals surface area contributed by atoms with E-state index in [1.54, 1.807) is 0 Å². The molecule has 10 rings (SSSR count). The molecule has 0 fully saturated rings. The average molecular weight is 565 g/mol. The zero-order chi connectivity index (χ0) is 28.1. The van der Waals surface area contributed by atoms with Gasteiger partial charge >= 0.3 is 0 Å². The number of para-hydroxylation sites is 3. The molecular formula is C40H24N2S. The second kappa shape index (κ2) is 8.57. The van der Waals surface area contributed by atoms with E-state index in [9.17, 15) is 0 Å². The lowest BCUT2D eigenvalue weighted by Gasteiger charge is -2.12. The molecule has 3 aromatic heterocycles. The molecule has 7 aromatic carbocycles. The SMILES string of the molecule is c1ccc(-n2c3ccccc3c3cc4c(ccc5c6ccccc6n(-c6cccc7c6sc6ccccc67)c45)cc32)cc1. The lowest BCUT2D eigenvalue weighted by molar-refractivity contribution is 1.18. The summed E-state index contributed by atoms with van der Waals surface area (Å²) >= 11 is 1.89. The van der Waals surface area contributed by atoms with Gasteiger partial charge in [0.05, 0.1) is 32.5 Å². The first kappa shape index (κ1) is 23.2. The lowest BCUT2D eigenvalue weighted by atomic mass is 10.0. The van der Waals surface area contributed by atoms with Crippen LogP contribution in [0.15, 0.2) is 146 Å². The number of rotatable bonds is 2. The molecule has 0 aliphatic heterocycles. The van der Waals surface area contributed by atoms with Crippen LogP contribution in [-0.2, 0) is 0 Å². The summed E-state index contributed by atoms with van der Waals surface area (Å²) < 4.78 is 7.57. The van der Waals surface area contributed by atoms with Crippen molar-refractivity contribution in [2.24, 2.45) is 0 Å². The van der Waals surface area contributed by atoms with E-state index < -0.39 is 0 Å². The van der Waals surface area contributed by atoms with Crippen molar-refractivity contribution in [1.29, 1.82) is 0 Å². The zero-order valence-electron chi connectivity index (χ0n) is 23.2. The highest BCUT2D eigenvalue weighted by molar-refractivity contribution is 7.26. The Labute approximate surface area is 251 Å². The van der Waals surface area contributed by atoms with Gasteiger partial charge in [0.1, 0.15) is 0 Å². The van der Waals surface area contributed by atoms with E-state index in [4.69, 9.17) is 0 Å². The maximum atomic E-state index is 2.52. The number of hydrogen-bond donors (Lipinski definition) is 0. The van der Waals surface area contributed by atoms with Gasteiger partial charge in [-0.2, -0.15) is 0 Å². The number of nitrogens with zero attached hydrogens (tertiary/aromatic N) is 2. The van der Waals surface area contributed by atoms with E-state index in [0.29, 0.717) is 0 Å². The average Bonchev–Trinajstić information content (AvgIpc) is 3.72. The number of aromatic nitrogens is 2. The maximum Gasteiger partial charge on any atom is 0.0641 e. The van der Waals surface area contributed by atoms with E-state index in [0.717, 1.165) is 0 Å². The van der Waals surface area contributed by atoms with Crippen LogP contribution < -0.4 is 0 Å². The first-order valence-electron chi connectivity index (χ1n) is 14.7. The first-order valence-corrected chi connectivity index (χ1v) is 15.5. The maximum absolute atomic E-state index is 2.52. The fourth-order valence-corrected chi connectivity index (χ4v) is 8.47. The van der Waals surface area contributed by atoms with Crippen LogP contribution in [0.25, 0.3) is 85.9 Å². The highest BCUT2D eigenvalue weighted by Gasteiger charge is 2.20. The second-order valence-corrected chi connectivity index (χ2v) is 12.4. The van der Waals surface area contributed by atoms with Crippen molar-refractivity contribution in [2.45, 2.75) is 0 Å². The van der Waals surface area contributed by atoms with Gasteiger partial charge in [-0.05, 0) is 53.9 Å². The van der Waals surface area contributed by atoms with E-state index in [-0.39, 0.29) is 0 Å². The third-order valence-corrected chi connectivity index (χ3v) is 10.3. The fourth-order valence-electron chi connectivity index (χ4n) is 7.26. The molecule has 3 heterocycles. The topological polar surface area (TPSA) is 9.86 Å². The number of thiophene rings is 1. The molecule has 0 saturated heterocycles. The predicted molar refractivity (Wildman–Crippen MR) is 186 cm³/mol. The molecule has 3 heteroatoms. The first-order chi connectivity index (χ1) is 21.3. The third kappa shape index (κ3) is 3.12. The third-order valence-electron chi connectivity index (χ3n) is 9.08. The predicted octanol–water partition coefficient (Wildman–Crippen LogP) is 11.4.